The Labute approximate surface area is 129 Å². The predicted octanol–water partition coefficient (Wildman–Crippen LogP) is 3.17. The van der Waals surface area contributed by atoms with Gasteiger partial charge in [0.2, 0.25) is 0 Å². The van der Waals surface area contributed by atoms with E-state index in [0.717, 1.165) is 41.5 Å². The van der Waals surface area contributed by atoms with E-state index in [4.69, 9.17) is 16.3 Å². The molecule has 0 saturated carbocycles. The lowest BCUT2D eigenvalue weighted by Gasteiger charge is -2.24. The molecule has 1 N–H and O–H groups in total. The molecule has 0 unspecified atom stereocenters. The molecule has 1 fully saturated rings. The molecule has 4 nitrogen and oxygen atoms in total. The van der Waals surface area contributed by atoms with Gasteiger partial charge in [0, 0.05) is 29.9 Å². The second-order valence-electron chi connectivity index (χ2n) is 5.33. The summed E-state index contributed by atoms with van der Waals surface area (Å²) in [6, 6.07) is 5.69. The van der Waals surface area contributed by atoms with E-state index in [1.807, 2.05) is 25.1 Å². The fourth-order valence-electron chi connectivity index (χ4n) is 2.67. The van der Waals surface area contributed by atoms with Crippen LogP contribution in [0.5, 0.6) is 5.75 Å². The van der Waals surface area contributed by atoms with Crippen molar-refractivity contribution in [3.05, 3.63) is 53.1 Å². The Morgan fingerprint density at radius 3 is 2.95 bits per heavy atom. The highest BCUT2D eigenvalue weighted by molar-refractivity contribution is 6.30. The van der Waals surface area contributed by atoms with E-state index in [0.29, 0.717) is 5.92 Å². The molecule has 3 rings (SSSR count). The summed E-state index contributed by atoms with van der Waals surface area (Å²) in [5.74, 6) is 1.25. The van der Waals surface area contributed by atoms with E-state index in [1.54, 1.807) is 18.6 Å². The molecule has 1 saturated heterocycles. The fraction of sp³-hybridized carbons (Fsp3) is 0.375. The first-order chi connectivity index (χ1) is 10.2. The Bertz CT molecular complexity index is 600. The summed E-state index contributed by atoms with van der Waals surface area (Å²) >= 11 is 6.01. The molecule has 2 atom stereocenters. The Balaban J connectivity index is 1.88. The van der Waals surface area contributed by atoms with Crippen molar-refractivity contribution in [2.75, 3.05) is 13.1 Å². The number of nitrogens with zero attached hydrogens (tertiary/aromatic N) is 2. The highest BCUT2D eigenvalue weighted by Gasteiger charge is 2.29. The molecule has 1 aliphatic heterocycles. The minimum Gasteiger partial charge on any atom is -0.483 e. The van der Waals surface area contributed by atoms with Gasteiger partial charge in [-0.25, -0.2) is 0 Å². The van der Waals surface area contributed by atoms with Gasteiger partial charge in [-0.2, -0.15) is 0 Å². The summed E-state index contributed by atoms with van der Waals surface area (Å²) in [5.41, 5.74) is 1.91. The van der Waals surface area contributed by atoms with E-state index in [-0.39, 0.29) is 6.10 Å². The second kappa shape index (κ2) is 6.41. The van der Waals surface area contributed by atoms with Gasteiger partial charge in [0.05, 0.1) is 11.9 Å². The van der Waals surface area contributed by atoms with E-state index in [9.17, 15) is 0 Å². The number of hydrogen-bond donors (Lipinski definition) is 1. The van der Waals surface area contributed by atoms with Crippen molar-refractivity contribution in [2.24, 2.45) is 5.92 Å². The number of nitrogens with one attached hydrogen (secondary N) is 1. The van der Waals surface area contributed by atoms with Crippen LogP contribution in [0.2, 0.25) is 5.02 Å². The minimum atomic E-state index is -0.0893. The third-order valence-electron chi connectivity index (χ3n) is 3.79. The zero-order valence-electron chi connectivity index (χ0n) is 11.9. The summed E-state index contributed by atoms with van der Waals surface area (Å²) in [7, 11) is 0. The summed E-state index contributed by atoms with van der Waals surface area (Å²) in [6.45, 7) is 3.96. The molecule has 0 amide bonds. The molecule has 21 heavy (non-hydrogen) atoms. The average molecular weight is 304 g/mol. The average Bonchev–Trinajstić information content (AvgIpc) is 3.01. The maximum absolute atomic E-state index is 6.27. The largest absolute Gasteiger partial charge is 0.483 e. The van der Waals surface area contributed by atoms with Crippen molar-refractivity contribution >= 4 is 11.6 Å². The molecule has 5 heteroatoms. The number of benzene rings is 1. The molecule has 0 bridgehead atoms. The summed E-state index contributed by atoms with van der Waals surface area (Å²) in [6.07, 6.45) is 6.17. The molecule has 0 spiro atoms. The van der Waals surface area contributed by atoms with Gasteiger partial charge in [0.25, 0.3) is 0 Å². The number of aryl methyl sites for hydroxylation is 1. The second-order valence-corrected chi connectivity index (χ2v) is 5.77. The maximum Gasteiger partial charge on any atom is 0.146 e. The lowest BCUT2D eigenvalue weighted by Crippen LogP contribution is -2.22. The zero-order valence-corrected chi connectivity index (χ0v) is 12.7. The van der Waals surface area contributed by atoms with Crippen LogP contribution < -0.4 is 10.1 Å². The Kier molecular flexibility index (Phi) is 4.36. The molecule has 0 radical (unpaired) electrons. The third-order valence-corrected chi connectivity index (χ3v) is 4.03. The number of hydrogen-bond acceptors (Lipinski definition) is 4. The first-order valence-electron chi connectivity index (χ1n) is 7.13. The van der Waals surface area contributed by atoms with E-state index in [2.05, 4.69) is 15.3 Å². The van der Waals surface area contributed by atoms with Crippen LogP contribution in [0.3, 0.4) is 0 Å². The number of aromatic nitrogens is 2. The lowest BCUT2D eigenvalue weighted by atomic mass is 9.99. The molecule has 1 aliphatic rings. The van der Waals surface area contributed by atoms with Crippen LogP contribution in [0.25, 0.3) is 0 Å². The van der Waals surface area contributed by atoms with Crippen molar-refractivity contribution in [1.29, 1.82) is 0 Å². The van der Waals surface area contributed by atoms with Crippen molar-refractivity contribution in [1.82, 2.24) is 15.3 Å². The third kappa shape index (κ3) is 3.34. The van der Waals surface area contributed by atoms with Crippen molar-refractivity contribution in [3.63, 3.8) is 0 Å². The van der Waals surface area contributed by atoms with Gasteiger partial charge in [0.1, 0.15) is 11.9 Å². The van der Waals surface area contributed by atoms with Crippen LogP contribution >= 0.6 is 11.6 Å². The number of halogens is 1. The van der Waals surface area contributed by atoms with Crippen LogP contribution in [0, 0.1) is 12.8 Å². The van der Waals surface area contributed by atoms with Gasteiger partial charge in [-0.05, 0) is 43.7 Å². The Morgan fingerprint density at radius 2 is 2.29 bits per heavy atom. The van der Waals surface area contributed by atoms with Gasteiger partial charge in [-0.1, -0.05) is 11.6 Å². The smallest absolute Gasteiger partial charge is 0.146 e. The van der Waals surface area contributed by atoms with Crippen LogP contribution in [0.15, 0.2) is 36.8 Å². The van der Waals surface area contributed by atoms with Gasteiger partial charge < -0.3 is 10.1 Å². The molecule has 2 aromatic rings. The highest BCUT2D eigenvalue weighted by Crippen LogP contribution is 2.33. The SMILES string of the molecule is Cc1cc(Cl)ccc1O[C@@H](c1cnccn1)[C@H]1CCNC1. The van der Waals surface area contributed by atoms with Gasteiger partial charge >= 0.3 is 0 Å². The van der Waals surface area contributed by atoms with Gasteiger partial charge in [0.15, 0.2) is 0 Å². The molecule has 2 heterocycles. The summed E-state index contributed by atoms with van der Waals surface area (Å²) in [5, 5.41) is 4.10. The predicted molar refractivity (Wildman–Crippen MR) is 82.6 cm³/mol. The van der Waals surface area contributed by atoms with E-state index < -0.39 is 0 Å². The van der Waals surface area contributed by atoms with E-state index in [1.165, 1.54) is 0 Å². The first-order valence-corrected chi connectivity index (χ1v) is 7.51. The van der Waals surface area contributed by atoms with Crippen LogP contribution in [0.4, 0.5) is 0 Å². The molecular weight excluding hydrogens is 286 g/mol. The molecule has 1 aromatic heterocycles. The summed E-state index contributed by atoms with van der Waals surface area (Å²) < 4.78 is 6.27. The minimum absolute atomic E-state index is 0.0893. The maximum atomic E-state index is 6.27. The van der Waals surface area contributed by atoms with Crippen LogP contribution in [0.1, 0.15) is 23.8 Å². The van der Waals surface area contributed by atoms with Crippen molar-refractivity contribution < 1.29 is 4.74 Å². The topological polar surface area (TPSA) is 47.0 Å². The van der Waals surface area contributed by atoms with Crippen molar-refractivity contribution in [2.45, 2.75) is 19.4 Å². The van der Waals surface area contributed by atoms with E-state index >= 15 is 0 Å². The first kappa shape index (κ1) is 14.3. The standard InChI is InChI=1S/C16H18ClN3O/c1-11-8-13(17)2-3-15(11)21-16(12-4-5-18-9-12)14-10-19-6-7-20-14/h2-3,6-8,10,12,16,18H,4-5,9H2,1H3/t12-,16+/m0/s1. The molecule has 1 aromatic carbocycles. The molecular formula is C16H18ClN3O. The summed E-state index contributed by atoms with van der Waals surface area (Å²) in [4.78, 5) is 8.60. The Hall–Kier alpha value is -1.65. The van der Waals surface area contributed by atoms with Gasteiger partial charge in [-0.15, -0.1) is 0 Å². The molecule has 0 aliphatic carbocycles. The van der Waals surface area contributed by atoms with Crippen molar-refractivity contribution in [3.8, 4) is 5.75 Å². The van der Waals surface area contributed by atoms with Gasteiger partial charge in [-0.3, -0.25) is 9.97 Å². The normalized spacial score (nSPS) is 19.4. The Morgan fingerprint density at radius 1 is 1.38 bits per heavy atom. The molecule has 110 valence electrons. The van der Waals surface area contributed by atoms with Crippen LogP contribution in [-0.2, 0) is 0 Å². The number of ether oxygens (including phenoxy) is 1. The van der Waals surface area contributed by atoms with Crippen LogP contribution in [-0.4, -0.2) is 23.1 Å². The fourth-order valence-corrected chi connectivity index (χ4v) is 2.90. The quantitative estimate of drug-likeness (QED) is 0.942. The highest BCUT2D eigenvalue weighted by atomic mass is 35.5. The number of rotatable bonds is 4. The monoisotopic (exact) mass is 303 g/mol. The zero-order chi connectivity index (χ0) is 14.7. The lowest BCUT2D eigenvalue weighted by molar-refractivity contribution is 0.138.